The Kier molecular flexibility index (Phi) is 2.78. The van der Waals surface area contributed by atoms with Crippen molar-refractivity contribution < 1.29 is 4.52 Å². The van der Waals surface area contributed by atoms with Crippen molar-refractivity contribution in [1.29, 1.82) is 0 Å². The average molecular weight is 209 g/mol. The molecule has 1 aromatic rings. The minimum atomic E-state index is -0.0295. The number of hydrogen-bond donors (Lipinski definition) is 1. The molecule has 0 amide bonds. The summed E-state index contributed by atoms with van der Waals surface area (Å²) < 4.78 is 5.17. The third kappa shape index (κ3) is 3.02. The zero-order valence-electron chi connectivity index (χ0n) is 9.71. The highest BCUT2D eigenvalue weighted by molar-refractivity contribution is 4.99. The highest BCUT2D eigenvalue weighted by Gasteiger charge is 2.22. The molecule has 1 heterocycles. The van der Waals surface area contributed by atoms with E-state index in [4.69, 9.17) is 4.52 Å². The van der Waals surface area contributed by atoms with Crippen LogP contribution >= 0.6 is 0 Å². The second-order valence-corrected chi connectivity index (χ2v) is 5.34. The van der Waals surface area contributed by atoms with E-state index in [1.807, 2.05) is 0 Å². The van der Waals surface area contributed by atoms with E-state index in [2.05, 4.69) is 36.2 Å². The lowest BCUT2D eigenvalue weighted by molar-refractivity contribution is 0.354. The molecule has 4 heteroatoms. The Hall–Kier alpha value is -0.900. The van der Waals surface area contributed by atoms with Gasteiger partial charge in [0.05, 0.1) is 6.54 Å². The van der Waals surface area contributed by atoms with Crippen molar-refractivity contribution in [3.8, 4) is 0 Å². The summed E-state index contributed by atoms with van der Waals surface area (Å²) in [6.45, 7) is 8.02. The quantitative estimate of drug-likeness (QED) is 0.822. The second kappa shape index (κ2) is 3.93. The summed E-state index contributed by atoms with van der Waals surface area (Å²) in [6, 6.07) is 0. The molecule has 1 fully saturated rings. The number of rotatable bonds is 4. The van der Waals surface area contributed by atoms with Crippen molar-refractivity contribution in [3.63, 3.8) is 0 Å². The molecule has 1 aliphatic carbocycles. The van der Waals surface area contributed by atoms with Gasteiger partial charge in [0.25, 0.3) is 0 Å². The molecule has 0 radical (unpaired) electrons. The third-order valence-electron chi connectivity index (χ3n) is 2.55. The highest BCUT2D eigenvalue weighted by Crippen LogP contribution is 2.27. The van der Waals surface area contributed by atoms with Gasteiger partial charge in [-0.15, -0.1) is 0 Å². The standard InChI is InChI=1S/C11H19N3O/c1-11(2,3)10-13-9(15-14-10)7-12-6-8-4-5-8/h8,12H,4-7H2,1-3H3. The highest BCUT2D eigenvalue weighted by atomic mass is 16.5. The molecule has 1 saturated carbocycles. The van der Waals surface area contributed by atoms with Crippen LogP contribution in [0.5, 0.6) is 0 Å². The molecule has 1 N–H and O–H groups in total. The lowest BCUT2D eigenvalue weighted by Crippen LogP contribution is -2.17. The Balaban J connectivity index is 1.83. The van der Waals surface area contributed by atoms with E-state index < -0.39 is 0 Å². The van der Waals surface area contributed by atoms with E-state index in [-0.39, 0.29) is 5.41 Å². The van der Waals surface area contributed by atoms with Gasteiger partial charge >= 0.3 is 0 Å². The Bertz CT molecular complexity index is 323. The van der Waals surface area contributed by atoms with Gasteiger partial charge in [0, 0.05) is 5.41 Å². The van der Waals surface area contributed by atoms with Gasteiger partial charge in [0.15, 0.2) is 5.82 Å². The summed E-state index contributed by atoms with van der Waals surface area (Å²) in [5.74, 6) is 2.36. The maximum absolute atomic E-state index is 5.17. The average Bonchev–Trinajstić information content (AvgIpc) is 2.80. The monoisotopic (exact) mass is 209 g/mol. The Morgan fingerprint density at radius 3 is 2.67 bits per heavy atom. The van der Waals surface area contributed by atoms with E-state index >= 15 is 0 Å². The van der Waals surface area contributed by atoms with Crippen LogP contribution in [-0.2, 0) is 12.0 Å². The maximum atomic E-state index is 5.17. The first kappa shape index (κ1) is 10.6. The number of aromatic nitrogens is 2. The zero-order chi connectivity index (χ0) is 10.9. The minimum Gasteiger partial charge on any atom is -0.338 e. The van der Waals surface area contributed by atoms with E-state index in [9.17, 15) is 0 Å². The summed E-state index contributed by atoms with van der Waals surface area (Å²) in [5.41, 5.74) is -0.0295. The third-order valence-corrected chi connectivity index (χ3v) is 2.55. The van der Waals surface area contributed by atoms with Gasteiger partial charge in [-0.05, 0) is 25.3 Å². The first-order valence-electron chi connectivity index (χ1n) is 5.59. The molecule has 0 unspecified atom stereocenters. The van der Waals surface area contributed by atoms with Crippen LogP contribution in [0.2, 0.25) is 0 Å². The van der Waals surface area contributed by atoms with E-state index in [1.54, 1.807) is 0 Å². The van der Waals surface area contributed by atoms with E-state index in [1.165, 1.54) is 12.8 Å². The number of nitrogens with zero attached hydrogens (tertiary/aromatic N) is 2. The molecule has 0 spiro atoms. The van der Waals surface area contributed by atoms with Crippen LogP contribution in [0, 0.1) is 5.92 Å². The molecule has 1 aliphatic rings. The van der Waals surface area contributed by atoms with Crippen LogP contribution < -0.4 is 5.32 Å². The smallest absolute Gasteiger partial charge is 0.240 e. The summed E-state index contributed by atoms with van der Waals surface area (Å²) >= 11 is 0. The fourth-order valence-corrected chi connectivity index (χ4v) is 1.34. The molecule has 4 nitrogen and oxygen atoms in total. The lowest BCUT2D eigenvalue weighted by Gasteiger charge is -2.10. The van der Waals surface area contributed by atoms with Gasteiger partial charge in [-0.2, -0.15) is 4.98 Å². The molecule has 2 rings (SSSR count). The summed E-state index contributed by atoms with van der Waals surface area (Å²) in [7, 11) is 0. The van der Waals surface area contributed by atoms with Crippen LogP contribution in [0.25, 0.3) is 0 Å². The van der Waals surface area contributed by atoms with E-state index in [0.717, 1.165) is 18.3 Å². The summed E-state index contributed by atoms with van der Waals surface area (Å²) in [4.78, 5) is 4.36. The van der Waals surface area contributed by atoms with Gasteiger partial charge in [-0.1, -0.05) is 25.9 Å². The molecule has 15 heavy (non-hydrogen) atoms. The molecule has 0 aromatic carbocycles. The summed E-state index contributed by atoms with van der Waals surface area (Å²) in [5, 5.41) is 7.31. The van der Waals surface area contributed by atoms with Crippen LogP contribution in [0.1, 0.15) is 45.3 Å². The normalized spacial score (nSPS) is 17.0. The van der Waals surface area contributed by atoms with Crippen molar-refractivity contribution in [3.05, 3.63) is 11.7 Å². The van der Waals surface area contributed by atoms with Gasteiger partial charge in [0.1, 0.15) is 0 Å². The molecule has 0 aliphatic heterocycles. The van der Waals surface area contributed by atoms with Crippen LogP contribution in [0.3, 0.4) is 0 Å². The molecular formula is C11H19N3O. The number of hydrogen-bond acceptors (Lipinski definition) is 4. The van der Waals surface area contributed by atoms with Crippen molar-refractivity contribution >= 4 is 0 Å². The first-order valence-corrected chi connectivity index (χ1v) is 5.59. The van der Waals surface area contributed by atoms with Crippen LogP contribution in [0.15, 0.2) is 4.52 Å². The number of nitrogens with one attached hydrogen (secondary N) is 1. The molecular weight excluding hydrogens is 190 g/mol. The molecule has 0 saturated heterocycles. The molecule has 0 bridgehead atoms. The SMILES string of the molecule is CC(C)(C)c1noc(CNCC2CC2)n1. The predicted octanol–water partition coefficient (Wildman–Crippen LogP) is 1.87. The molecule has 0 atom stereocenters. The van der Waals surface area contributed by atoms with Crippen molar-refractivity contribution in [2.24, 2.45) is 5.92 Å². The lowest BCUT2D eigenvalue weighted by atomic mass is 9.96. The molecule has 84 valence electrons. The topological polar surface area (TPSA) is 51.0 Å². The summed E-state index contributed by atoms with van der Waals surface area (Å²) in [6.07, 6.45) is 2.73. The van der Waals surface area contributed by atoms with Crippen molar-refractivity contribution in [2.75, 3.05) is 6.54 Å². The predicted molar refractivity (Wildman–Crippen MR) is 57.4 cm³/mol. The van der Waals surface area contributed by atoms with Crippen LogP contribution in [0.4, 0.5) is 0 Å². The largest absolute Gasteiger partial charge is 0.338 e. The Morgan fingerprint density at radius 1 is 1.40 bits per heavy atom. The first-order chi connectivity index (χ1) is 7.05. The second-order valence-electron chi connectivity index (χ2n) is 5.34. The Labute approximate surface area is 90.4 Å². The van der Waals surface area contributed by atoms with Gasteiger partial charge in [-0.3, -0.25) is 0 Å². The van der Waals surface area contributed by atoms with Crippen LogP contribution in [-0.4, -0.2) is 16.7 Å². The van der Waals surface area contributed by atoms with Crippen molar-refractivity contribution in [1.82, 2.24) is 15.5 Å². The minimum absolute atomic E-state index is 0.0295. The Morgan fingerprint density at radius 2 is 2.13 bits per heavy atom. The van der Waals surface area contributed by atoms with Crippen molar-refractivity contribution in [2.45, 2.75) is 45.6 Å². The van der Waals surface area contributed by atoms with Gasteiger partial charge in [-0.25, -0.2) is 0 Å². The van der Waals surface area contributed by atoms with Gasteiger partial charge in [0.2, 0.25) is 5.89 Å². The fourth-order valence-electron chi connectivity index (χ4n) is 1.34. The zero-order valence-corrected chi connectivity index (χ0v) is 9.71. The fraction of sp³-hybridized carbons (Fsp3) is 0.818. The molecule has 1 aromatic heterocycles. The maximum Gasteiger partial charge on any atom is 0.240 e. The van der Waals surface area contributed by atoms with Gasteiger partial charge < -0.3 is 9.84 Å². The van der Waals surface area contributed by atoms with E-state index in [0.29, 0.717) is 12.4 Å².